The Morgan fingerprint density at radius 1 is 1.13 bits per heavy atom. The van der Waals surface area contributed by atoms with Crippen molar-refractivity contribution in [3.05, 3.63) is 59.7 Å². The van der Waals surface area contributed by atoms with Gasteiger partial charge in [0.25, 0.3) is 5.91 Å². The lowest BCUT2D eigenvalue weighted by Gasteiger charge is -2.14. The van der Waals surface area contributed by atoms with E-state index in [2.05, 4.69) is 10.6 Å². The van der Waals surface area contributed by atoms with Crippen LogP contribution in [-0.2, 0) is 0 Å². The fourth-order valence-corrected chi connectivity index (χ4v) is 2.34. The first-order chi connectivity index (χ1) is 11.2. The van der Waals surface area contributed by atoms with E-state index in [0.29, 0.717) is 29.9 Å². The molecule has 2 aromatic rings. The van der Waals surface area contributed by atoms with E-state index < -0.39 is 0 Å². The number of urea groups is 1. The fourth-order valence-electron chi connectivity index (χ4n) is 2.34. The molecular formula is C17H14N4O2. The number of hydrogen-bond acceptors (Lipinski definition) is 3. The van der Waals surface area contributed by atoms with Crippen LogP contribution >= 0.6 is 0 Å². The van der Waals surface area contributed by atoms with Gasteiger partial charge in [-0.05, 0) is 48.5 Å². The van der Waals surface area contributed by atoms with E-state index in [1.807, 2.05) is 6.07 Å². The topological polar surface area (TPSA) is 85.2 Å². The molecule has 23 heavy (non-hydrogen) atoms. The molecule has 1 heterocycles. The maximum absolute atomic E-state index is 12.1. The minimum atomic E-state index is -0.249. The van der Waals surface area contributed by atoms with E-state index in [1.54, 1.807) is 53.4 Å². The third-order valence-electron chi connectivity index (χ3n) is 3.57. The molecule has 0 saturated carbocycles. The summed E-state index contributed by atoms with van der Waals surface area (Å²) in [7, 11) is 0. The summed E-state index contributed by atoms with van der Waals surface area (Å²) in [4.78, 5) is 25.4. The van der Waals surface area contributed by atoms with Crippen LogP contribution in [0.1, 0.15) is 15.9 Å². The number of nitrogens with zero attached hydrogens (tertiary/aromatic N) is 2. The third-order valence-corrected chi connectivity index (χ3v) is 3.57. The normalized spacial score (nSPS) is 13.3. The molecule has 2 aromatic carbocycles. The summed E-state index contributed by atoms with van der Waals surface area (Å²) in [5.74, 6) is -0.249. The smallest absolute Gasteiger partial charge is 0.321 e. The quantitative estimate of drug-likeness (QED) is 0.912. The van der Waals surface area contributed by atoms with Gasteiger partial charge in [0.2, 0.25) is 0 Å². The first-order valence-electron chi connectivity index (χ1n) is 7.14. The van der Waals surface area contributed by atoms with Crippen LogP contribution in [0.5, 0.6) is 0 Å². The van der Waals surface area contributed by atoms with Crippen molar-refractivity contribution >= 4 is 23.3 Å². The SMILES string of the molecule is N#Cc1ccc(C(=O)Nc2ccc(N3CCNC3=O)cc2)cc1. The van der Waals surface area contributed by atoms with E-state index in [-0.39, 0.29) is 11.9 Å². The Bertz CT molecular complexity index is 776. The highest BCUT2D eigenvalue weighted by Crippen LogP contribution is 2.20. The van der Waals surface area contributed by atoms with Gasteiger partial charge in [-0.15, -0.1) is 0 Å². The monoisotopic (exact) mass is 306 g/mol. The maximum Gasteiger partial charge on any atom is 0.321 e. The van der Waals surface area contributed by atoms with Gasteiger partial charge in [0.1, 0.15) is 0 Å². The standard InChI is InChI=1S/C17H14N4O2/c18-11-12-1-3-13(4-2-12)16(22)20-14-5-7-15(8-6-14)21-10-9-19-17(21)23/h1-8H,9-10H2,(H,19,23)(H,20,22). The van der Waals surface area contributed by atoms with E-state index in [9.17, 15) is 9.59 Å². The summed E-state index contributed by atoms with van der Waals surface area (Å²) in [5, 5.41) is 14.3. The van der Waals surface area contributed by atoms with Crippen molar-refractivity contribution in [2.75, 3.05) is 23.3 Å². The lowest BCUT2D eigenvalue weighted by molar-refractivity contribution is 0.102. The zero-order valence-corrected chi connectivity index (χ0v) is 12.2. The first-order valence-corrected chi connectivity index (χ1v) is 7.14. The molecule has 0 spiro atoms. The van der Waals surface area contributed by atoms with Gasteiger partial charge in [-0.25, -0.2) is 4.79 Å². The van der Waals surface area contributed by atoms with Crippen molar-refractivity contribution in [2.24, 2.45) is 0 Å². The van der Waals surface area contributed by atoms with Crippen molar-refractivity contribution in [3.63, 3.8) is 0 Å². The summed E-state index contributed by atoms with van der Waals surface area (Å²) in [6, 6.07) is 15.4. The van der Waals surface area contributed by atoms with E-state index in [1.165, 1.54) is 0 Å². The number of anilines is 2. The van der Waals surface area contributed by atoms with Crippen LogP contribution in [0.3, 0.4) is 0 Å². The number of benzene rings is 2. The molecule has 1 fully saturated rings. The van der Waals surface area contributed by atoms with Crippen LogP contribution in [0.25, 0.3) is 0 Å². The van der Waals surface area contributed by atoms with Crippen molar-refractivity contribution in [1.29, 1.82) is 5.26 Å². The molecule has 3 amide bonds. The fraction of sp³-hybridized carbons (Fsp3) is 0.118. The predicted molar refractivity (Wildman–Crippen MR) is 86.3 cm³/mol. The Morgan fingerprint density at radius 2 is 1.83 bits per heavy atom. The second-order valence-electron chi connectivity index (χ2n) is 5.07. The van der Waals surface area contributed by atoms with E-state index in [0.717, 1.165) is 5.69 Å². The van der Waals surface area contributed by atoms with Gasteiger partial charge >= 0.3 is 6.03 Å². The van der Waals surface area contributed by atoms with Crippen LogP contribution in [0, 0.1) is 11.3 Å². The van der Waals surface area contributed by atoms with Crippen molar-refractivity contribution in [2.45, 2.75) is 0 Å². The lowest BCUT2D eigenvalue weighted by atomic mass is 10.1. The molecule has 6 heteroatoms. The molecule has 0 unspecified atom stereocenters. The molecular weight excluding hydrogens is 292 g/mol. The minimum Gasteiger partial charge on any atom is -0.336 e. The highest BCUT2D eigenvalue weighted by Gasteiger charge is 2.20. The van der Waals surface area contributed by atoms with Crippen LogP contribution in [0.4, 0.5) is 16.2 Å². The molecule has 0 bridgehead atoms. The second-order valence-corrected chi connectivity index (χ2v) is 5.07. The third kappa shape index (κ3) is 3.14. The summed E-state index contributed by atoms with van der Waals surface area (Å²) < 4.78 is 0. The van der Waals surface area contributed by atoms with E-state index >= 15 is 0 Å². The molecule has 3 rings (SSSR count). The van der Waals surface area contributed by atoms with Gasteiger partial charge in [0.15, 0.2) is 0 Å². The number of carbonyl (C=O) groups is 2. The highest BCUT2D eigenvalue weighted by molar-refractivity contribution is 6.04. The first kappa shape index (κ1) is 14.6. The zero-order valence-electron chi connectivity index (χ0n) is 12.2. The Labute approximate surface area is 133 Å². The molecule has 2 N–H and O–H groups in total. The minimum absolute atomic E-state index is 0.112. The number of amides is 3. The summed E-state index contributed by atoms with van der Waals surface area (Å²) >= 11 is 0. The van der Waals surface area contributed by atoms with Crippen LogP contribution in [0.15, 0.2) is 48.5 Å². The number of nitrogens with one attached hydrogen (secondary N) is 2. The van der Waals surface area contributed by atoms with Gasteiger partial charge in [-0.3, -0.25) is 9.69 Å². The highest BCUT2D eigenvalue weighted by atomic mass is 16.2. The second kappa shape index (κ2) is 6.20. The van der Waals surface area contributed by atoms with Crippen LogP contribution < -0.4 is 15.5 Å². The molecule has 1 saturated heterocycles. The Hall–Kier alpha value is -3.33. The summed E-state index contributed by atoms with van der Waals surface area (Å²) in [6.45, 7) is 1.27. The largest absolute Gasteiger partial charge is 0.336 e. The van der Waals surface area contributed by atoms with Crippen molar-refractivity contribution in [3.8, 4) is 6.07 Å². The van der Waals surface area contributed by atoms with Gasteiger partial charge < -0.3 is 10.6 Å². The molecule has 6 nitrogen and oxygen atoms in total. The molecule has 0 atom stereocenters. The molecule has 0 aliphatic carbocycles. The summed E-state index contributed by atoms with van der Waals surface area (Å²) in [6.07, 6.45) is 0. The number of nitriles is 1. The van der Waals surface area contributed by atoms with Crippen LogP contribution in [-0.4, -0.2) is 25.0 Å². The number of rotatable bonds is 3. The molecule has 1 aliphatic rings. The van der Waals surface area contributed by atoms with Crippen molar-refractivity contribution < 1.29 is 9.59 Å². The van der Waals surface area contributed by atoms with E-state index in [4.69, 9.17) is 5.26 Å². The average Bonchev–Trinajstić information content (AvgIpc) is 3.01. The predicted octanol–water partition coefficient (Wildman–Crippen LogP) is 2.34. The lowest BCUT2D eigenvalue weighted by Crippen LogP contribution is -2.27. The Morgan fingerprint density at radius 3 is 2.39 bits per heavy atom. The summed E-state index contributed by atoms with van der Waals surface area (Å²) in [5.41, 5.74) is 2.42. The number of hydrogen-bond donors (Lipinski definition) is 2. The molecule has 0 aromatic heterocycles. The molecule has 114 valence electrons. The maximum atomic E-state index is 12.1. The molecule has 0 radical (unpaired) electrons. The number of carbonyl (C=O) groups excluding carboxylic acids is 2. The molecule has 1 aliphatic heterocycles. The van der Waals surface area contributed by atoms with Gasteiger partial charge in [-0.1, -0.05) is 0 Å². The zero-order chi connectivity index (χ0) is 16.2. The van der Waals surface area contributed by atoms with Crippen molar-refractivity contribution in [1.82, 2.24) is 5.32 Å². The van der Waals surface area contributed by atoms with Gasteiger partial charge in [-0.2, -0.15) is 5.26 Å². The van der Waals surface area contributed by atoms with Gasteiger partial charge in [0.05, 0.1) is 11.6 Å². The van der Waals surface area contributed by atoms with Gasteiger partial charge in [0, 0.05) is 30.0 Å². The average molecular weight is 306 g/mol. The Kier molecular flexibility index (Phi) is 3.93. The van der Waals surface area contributed by atoms with Crippen LogP contribution in [0.2, 0.25) is 0 Å². The Balaban J connectivity index is 1.69.